The van der Waals surface area contributed by atoms with Gasteiger partial charge in [0.25, 0.3) is 6.67 Å². The highest BCUT2D eigenvalue weighted by atomic mass is 16.7. The van der Waals surface area contributed by atoms with Crippen LogP contribution in [0.1, 0.15) is 33.6 Å². The normalized spacial score (nSPS) is 21.5. The summed E-state index contributed by atoms with van der Waals surface area (Å²) >= 11 is 0. The van der Waals surface area contributed by atoms with Crippen molar-refractivity contribution in [3.05, 3.63) is 41.0 Å². The Morgan fingerprint density at radius 2 is 2.17 bits per heavy atom. The second-order valence-electron chi connectivity index (χ2n) is 7.13. The van der Waals surface area contributed by atoms with Crippen molar-refractivity contribution in [3.63, 3.8) is 0 Å². The molecule has 1 aliphatic carbocycles. The van der Waals surface area contributed by atoms with E-state index >= 15 is 0 Å². The van der Waals surface area contributed by atoms with Crippen LogP contribution in [0.5, 0.6) is 0 Å². The quantitative estimate of drug-likeness (QED) is 0.462. The number of likely N-dealkylation sites (tertiary alicyclic amines) is 1. The summed E-state index contributed by atoms with van der Waals surface area (Å²) in [4.78, 5) is 22.5. The van der Waals surface area contributed by atoms with Crippen LogP contribution in [0.3, 0.4) is 0 Å². The van der Waals surface area contributed by atoms with Gasteiger partial charge in [-0.1, -0.05) is 24.3 Å². The van der Waals surface area contributed by atoms with Crippen LogP contribution in [0.4, 0.5) is 0 Å². The molecule has 23 heavy (non-hydrogen) atoms. The number of nitrogens with one attached hydrogen (secondary N) is 1. The summed E-state index contributed by atoms with van der Waals surface area (Å²) in [5.74, 6) is 0. The molecule has 1 atom stereocenters. The van der Waals surface area contributed by atoms with Gasteiger partial charge in [-0.15, -0.1) is 0 Å². The van der Waals surface area contributed by atoms with E-state index in [0.717, 1.165) is 30.8 Å². The molecule has 6 nitrogen and oxygen atoms in total. The van der Waals surface area contributed by atoms with E-state index in [2.05, 4.69) is 55.6 Å². The molecule has 0 saturated carbocycles. The van der Waals surface area contributed by atoms with E-state index in [9.17, 15) is 4.91 Å². The smallest absolute Gasteiger partial charge is 0.283 e. The lowest BCUT2D eigenvalue weighted by Gasteiger charge is -2.27. The predicted octanol–water partition coefficient (Wildman–Crippen LogP) is 2.36. The van der Waals surface area contributed by atoms with Gasteiger partial charge in [-0.25, -0.2) is 9.74 Å². The molecule has 0 aromatic rings. The summed E-state index contributed by atoms with van der Waals surface area (Å²) in [6, 6.07) is 0. The minimum Gasteiger partial charge on any atom is -0.372 e. The van der Waals surface area contributed by atoms with Crippen LogP contribution in [0.25, 0.3) is 0 Å². The first-order valence-electron chi connectivity index (χ1n) is 8.21. The Labute approximate surface area is 139 Å². The highest BCUT2D eigenvalue weighted by Crippen LogP contribution is 2.21. The molecule has 0 bridgehead atoms. The van der Waals surface area contributed by atoms with Gasteiger partial charge in [0, 0.05) is 30.7 Å². The lowest BCUT2D eigenvalue weighted by molar-refractivity contribution is -0.677. The molecule has 1 N–H and O–H groups in total. The number of rotatable bonds is 6. The zero-order chi connectivity index (χ0) is 16.9. The zero-order valence-corrected chi connectivity index (χ0v) is 14.7. The predicted molar refractivity (Wildman–Crippen MR) is 91.2 cm³/mol. The molecule has 0 amide bonds. The molecular formula is C17H29N4O2+. The molecule has 2 rings (SSSR count). The third kappa shape index (κ3) is 5.48. The Balaban J connectivity index is 1.73. The molecule has 1 saturated heterocycles. The number of hydrogen-bond donors (Lipinski definition) is 1. The molecule has 2 aliphatic rings. The van der Waals surface area contributed by atoms with Crippen LogP contribution in [0.15, 0.2) is 36.1 Å². The van der Waals surface area contributed by atoms with Crippen molar-refractivity contribution in [2.75, 3.05) is 26.8 Å². The van der Waals surface area contributed by atoms with Gasteiger partial charge in [-0.3, -0.25) is 0 Å². The largest absolute Gasteiger partial charge is 0.372 e. The van der Waals surface area contributed by atoms with Gasteiger partial charge in [0.1, 0.15) is 6.10 Å². The maximum Gasteiger partial charge on any atom is 0.283 e. The first-order chi connectivity index (χ1) is 10.9. The molecule has 1 aliphatic heterocycles. The molecule has 6 heteroatoms. The Hall–Kier alpha value is -1.66. The zero-order valence-electron chi connectivity index (χ0n) is 14.7. The average Bonchev–Trinajstić information content (AvgIpc) is 2.78. The van der Waals surface area contributed by atoms with Crippen LogP contribution >= 0.6 is 0 Å². The summed E-state index contributed by atoms with van der Waals surface area (Å²) in [7, 11) is 1.92. The van der Waals surface area contributed by atoms with Crippen LogP contribution in [0, 0.1) is 4.91 Å². The van der Waals surface area contributed by atoms with Crippen molar-refractivity contribution in [2.24, 2.45) is 0 Å². The summed E-state index contributed by atoms with van der Waals surface area (Å²) in [6.45, 7) is 8.23. The van der Waals surface area contributed by atoms with Gasteiger partial charge >= 0.3 is 0 Å². The van der Waals surface area contributed by atoms with Crippen LogP contribution in [-0.2, 0) is 4.84 Å². The average molecular weight is 321 g/mol. The van der Waals surface area contributed by atoms with Crippen molar-refractivity contribution in [1.29, 1.82) is 0 Å². The second kappa shape index (κ2) is 7.75. The van der Waals surface area contributed by atoms with E-state index in [0.29, 0.717) is 0 Å². The SMILES string of the molecule is CN(C[N+](=O)NOC1CCN(C2=CC=CC=CC2)C1)C(C)(C)C. The van der Waals surface area contributed by atoms with E-state index < -0.39 is 0 Å². The fraction of sp³-hybridized carbons (Fsp3) is 0.647. The van der Waals surface area contributed by atoms with Gasteiger partial charge in [0.2, 0.25) is 0 Å². The van der Waals surface area contributed by atoms with Crippen molar-refractivity contribution >= 4 is 0 Å². The van der Waals surface area contributed by atoms with E-state index in [1.807, 2.05) is 18.0 Å². The molecule has 1 heterocycles. The van der Waals surface area contributed by atoms with Gasteiger partial charge < -0.3 is 4.90 Å². The number of nitrogens with zero attached hydrogens (tertiary/aromatic N) is 3. The fourth-order valence-electron chi connectivity index (χ4n) is 2.45. The molecule has 1 unspecified atom stereocenters. The molecule has 0 radical (unpaired) electrons. The highest BCUT2D eigenvalue weighted by Gasteiger charge is 2.28. The monoisotopic (exact) mass is 321 g/mol. The second-order valence-corrected chi connectivity index (χ2v) is 7.13. The Kier molecular flexibility index (Phi) is 5.96. The van der Waals surface area contributed by atoms with Gasteiger partial charge in [0.15, 0.2) is 4.87 Å². The Morgan fingerprint density at radius 1 is 1.39 bits per heavy atom. The van der Waals surface area contributed by atoms with E-state index in [1.165, 1.54) is 5.70 Å². The van der Waals surface area contributed by atoms with E-state index in [1.54, 1.807) is 0 Å². The molecule has 0 aromatic carbocycles. The first-order valence-corrected chi connectivity index (χ1v) is 8.21. The maximum absolute atomic E-state index is 11.9. The summed E-state index contributed by atoms with van der Waals surface area (Å²) in [6.07, 6.45) is 12.4. The van der Waals surface area contributed by atoms with Crippen molar-refractivity contribution in [1.82, 2.24) is 15.4 Å². The third-order valence-corrected chi connectivity index (χ3v) is 4.33. The summed E-state index contributed by atoms with van der Waals surface area (Å²) in [5.41, 5.74) is 3.77. The fourth-order valence-corrected chi connectivity index (χ4v) is 2.45. The van der Waals surface area contributed by atoms with E-state index in [4.69, 9.17) is 4.84 Å². The topological polar surface area (TPSA) is 47.8 Å². The van der Waals surface area contributed by atoms with Crippen molar-refractivity contribution in [3.8, 4) is 0 Å². The Bertz CT molecular complexity index is 505. The van der Waals surface area contributed by atoms with Crippen LogP contribution in [-0.4, -0.2) is 53.1 Å². The maximum atomic E-state index is 11.9. The third-order valence-electron chi connectivity index (χ3n) is 4.33. The minimum absolute atomic E-state index is 0.0310. The van der Waals surface area contributed by atoms with Crippen molar-refractivity contribution in [2.45, 2.75) is 45.3 Å². The van der Waals surface area contributed by atoms with Crippen LogP contribution < -0.4 is 5.59 Å². The lowest BCUT2D eigenvalue weighted by atomic mass is 10.1. The van der Waals surface area contributed by atoms with E-state index in [-0.39, 0.29) is 18.3 Å². The van der Waals surface area contributed by atoms with Crippen molar-refractivity contribution < 1.29 is 9.71 Å². The molecule has 0 spiro atoms. The standard InChI is InChI=1S/C17H29N4O2/c1-17(2,3)19(4)14-21(22)18-23-16-11-12-20(13-16)15-9-7-5-6-8-10-15/h5-9,16H,10-14H2,1-4H3,(H,18,22)/q+1. The molecular weight excluding hydrogens is 292 g/mol. The summed E-state index contributed by atoms with van der Waals surface area (Å²) in [5, 5.41) is 0. The number of hydrogen-bond acceptors (Lipinski definition) is 4. The number of hydrazine groups is 1. The first kappa shape index (κ1) is 17.7. The lowest BCUT2D eigenvalue weighted by Crippen LogP contribution is -2.46. The van der Waals surface area contributed by atoms with Gasteiger partial charge in [-0.05, 0) is 45.9 Å². The molecule has 0 aromatic heterocycles. The molecule has 128 valence electrons. The summed E-state index contributed by atoms with van der Waals surface area (Å²) < 4.78 is 0. The highest BCUT2D eigenvalue weighted by molar-refractivity contribution is 5.23. The minimum atomic E-state index is -0.0541. The Morgan fingerprint density at radius 3 is 2.91 bits per heavy atom. The number of allylic oxidation sites excluding steroid dienone is 5. The van der Waals surface area contributed by atoms with Gasteiger partial charge in [-0.2, -0.15) is 0 Å². The number of nitroso groups, excluding NO2 is 1. The molecule has 1 fully saturated rings. The van der Waals surface area contributed by atoms with Crippen LogP contribution in [0.2, 0.25) is 0 Å². The van der Waals surface area contributed by atoms with Gasteiger partial charge in [0.05, 0.1) is 4.91 Å².